The topological polar surface area (TPSA) is 29.9 Å². The lowest BCUT2D eigenvalue weighted by Gasteiger charge is -2.31. The van der Waals surface area contributed by atoms with Crippen molar-refractivity contribution in [1.29, 1.82) is 0 Å². The van der Waals surface area contributed by atoms with E-state index in [-0.39, 0.29) is 0 Å². The number of likely N-dealkylation sites (N-methyl/N-ethyl adjacent to an activating group) is 1. The van der Waals surface area contributed by atoms with Crippen LogP contribution in [0.3, 0.4) is 0 Å². The summed E-state index contributed by atoms with van der Waals surface area (Å²) in [5.74, 6) is 0.588. The molecule has 0 spiro atoms. The molecular weight excluding hydrogens is 254 g/mol. The number of hydrogen-bond acceptors (Lipinski definition) is 3. The molecule has 2 aromatic heterocycles. The van der Waals surface area contributed by atoms with Crippen LogP contribution in [0.4, 0.5) is 0 Å². The van der Waals surface area contributed by atoms with Crippen molar-refractivity contribution in [2.75, 3.05) is 6.54 Å². The molecule has 2 heterocycles. The van der Waals surface area contributed by atoms with E-state index in [1.54, 1.807) is 10.4 Å². The van der Waals surface area contributed by atoms with Gasteiger partial charge in [-0.05, 0) is 48.9 Å². The summed E-state index contributed by atoms with van der Waals surface area (Å²) in [4.78, 5) is 1.58. The van der Waals surface area contributed by atoms with Crippen LogP contribution in [-0.4, -0.2) is 16.3 Å². The molecule has 0 amide bonds. The van der Waals surface area contributed by atoms with Crippen LogP contribution in [0.5, 0.6) is 0 Å². The van der Waals surface area contributed by atoms with Crippen molar-refractivity contribution in [3.05, 3.63) is 39.8 Å². The summed E-state index contributed by atoms with van der Waals surface area (Å²) in [6, 6.07) is 4.85. The third-order valence-corrected chi connectivity index (χ3v) is 5.10. The van der Waals surface area contributed by atoms with Gasteiger partial charge in [0.2, 0.25) is 0 Å². The van der Waals surface area contributed by atoms with Crippen LogP contribution in [0.1, 0.15) is 47.9 Å². The molecule has 2 unspecified atom stereocenters. The Morgan fingerprint density at radius 1 is 1.53 bits per heavy atom. The Morgan fingerprint density at radius 3 is 3.16 bits per heavy atom. The fraction of sp³-hybridized carbons (Fsp3) is 0.533. The number of fused-ring (bicyclic) bond motifs is 1. The quantitative estimate of drug-likeness (QED) is 0.928. The molecule has 0 radical (unpaired) electrons. The number of hydrogen-bond donors (Lipinski definition) is 1. The van der Waals surface area contributed by atoms with E-state index >= 15 is 0 Å². The largest absolute Gasteiger partial charge is 0.308 e. The van der Waals surface area contributed by atoms with Crippen molar-refractivity contribution in [3.8, 4) is 0 Å². The maximum absolute atomic E-state index is 4.34. The Kier molecular flexibility index (Phi) is 3.71. The van der Waals surface area contributed by atoms with Gasteiger partial charge in [0, 0.05) is 24.0 Å². The Bertz CT molecular complexity index is 543. The molecule has 0 saturated heterocycles. The van der Waals surface area contributed by atoms with Crippen LogP contribution < -0.4 is 5.32 Å². The molecule has 102 valence electrons. The zero-order valence-corrected chi connectivity index (χ0v) is 12.4. The molecule has 2 aromatic rings. The predicted octanol–water partition coefficient (Wildman–Crippen LogP) is 3.25. The lowest BCUT2D eigenvalue weighted by molar-refractivity contribution is 0.392. The number of thiophene rings is 1. The lowest BCUT2D eigenvalue weighted by atomic mass is 9.81. The Morgan fingerprint density at radius 2 is 2.42 bits per heavy atom. The zero-order chi connectivity index (χ0) is 13.2. The van der Waals surface area contributed by atoms with Crippen molar-refractivity contribution >= 4 is 11.3 Å². The number of rotatable bonds is 4. The molecule has 1 N–H and O–H groups in total. The highest BCUT2D eigenvalue weighted by atomic mass is 32.1. The van der Waals surface area contributed by atoms with Gasteiger partial charge in [-0.2, -0.15) is 5.10 Å². The average Bonchev–Trinajstić information content (AvgIpc) is 3.04. The highest BCUT2D eigenvalue weighted by Crippen LogP contribution is 2.42. The van der Waals surface area contributed by atoms with E-state index in [0.717, 1.165) is 6.54 Å². The third-order valence-electron chi connectivity index (χ3n) is 4.10. The molecular formula is C15H21N3S. The van der Waals surface area contributed by atoms with Crippen molar-refractivity contribution < 1.29 is 0 Å². The standard InChI is InChI=1S/C15H21N3S/c1-3-16-15(13-7-9-17-18(13)2)12-5-4-6-14-11(12)8-10-19-14/h7-10,12,15-16H,3-6H2,1-2H3. The molecule has 1 aliphatic rings. The number of aryl methyl sites for hydroxylation is 2. The zero-order valence-electron chi connectivity index (χ0n) is 11.6. The fourth-order valence-electron chi connectivity index (χ4n) is 3.23. The molecule has 3 rings (SSSR count). The first-order valence-corrected chi connectivity index (χ1v) is 7.96. The average molecular weight is 275 g/mol. The minimum Gasteiger partial charge on any atom is -0.308 e. The third kappa shape index (κ3) is 2.35. The summed E-state index contributed by atoms with van der Waals surface area (Å²) in [7, 11) is 2.04. The molecule has 0 saturated carbocycles. The maximum Gasteiger partial charge on any atom is 0.0561 e. The van der Waals surface area contributed by atoms with Crippen LogP contribution in [0.2, 0.25) is 0 Å². The minimum atomic E-state index is 0.381. The van der Waals surface area contributed by atoms with E-state index < -0.39 is 0 Å². The fourth-order valence-corrected chi connectivity index (χ4v) is 4.23. The van der Waals surface area contributed by atoms with E-state index in [2.05, 4.69) is 34.9 Å². The molecule has 0 bridgehead atoms. The second-order valence-electron chi connectivity index (χ2n) is 5.21. The summed E-state index contributed by atoms with van der Waals surface area (Å²) < 4.78 is 2.01. The van der Waals surface area contributed by atoms with Gasteiger partial charge >= 0.3 is 0 Å². The summed E-state index contributed by atoms with van der Waals surface area (Å²) in [5, 5.41) is 10.3. The van der Waals surface area contributed by atoms with Gasteiger partial charge in [0.05, 0.1) is 11.7 Å². The molecule has 0 aliphatic heterocycles. The van der Waals surface area contributed by atoms with Gasteiger partial charge < -0.3 is 5.32 Å². The van der Waals surface area contributed by atoms with Gasteiger partial charge in [0.25, 0.3) is 0 Å². The van der Waals surface area contributed by atoms with Crippen LogP contribution in [0.15, 0.2) is 23.7 Å². The molecule has 3 nitrogen and oxygen atoms in total. The van der Waals surface area contributed by atoms with E-state index in [1.165, 1.54) is 25.0 Å². The summed E-state index contributed by atoms with van der Waals surface area (Å²) in [6.07, 6.45) is 5.73. The first-order valence-electron chi connectivity index (χ1n) is 7.08. The second-order valence-corrected chi connectivity index (χ2v) is 6.21. The number of aromatic nitrogens is 2. The van der Waals surface area contributed by atoms with Gasteiger partial charge in [-0.1, -0.05) is 6.92 Å². The monoisotopic (exact) mass is 275 g/mol. The summed E-state index contributed by atoms with van der Waals surface area (Å²) >= 11 is 1.92. The van der Waals surface area contributed by atoms with Crippen molar-refractivity contribution in [2.45, 2.75) is 38.1 Å². The van der Waals surface area contributed by atoms with E-state index in [0.29, 0.717) is 12.0 Å². The second kappa shape index (κ2) is 5.47. The summed E-state index contributed by atoms with van der Waals surface area (Å²) in [6.45, 7) is 3.17. The highest BCUT2D eigenvalue weighted by Gasteiger charge is 2.30. The molecule has 19 heavy (non-hydrogen) atoms. The molecule has 1 aliphatic carbocycles. The molecule has 4 heteroatoms. The smallest absolute Gasteiger partial charge is 0.0561 e. The molecule has 0 aromatic carbocycles. The van der Waals surface area contributed by atoms with Crippen LogP contribution in [0.25, 0.3) is 0 Å². The van der Waals surface area contributed by atoms with Crippen LogP contribution in [0, 0.1) is 0 Å². The van der Waals surface area contributed by atoms with E-state index in [1.807, 2.05) is 29.3 Å². The molecule has 2 atom stereocenters. The van der Waals surface area contributed by atoms with Crippen molar-refractivity contribution in [3.63, 3.8) is 0 Å². The van der Waals surface area contributed by atoms with Crippen LogP contribution >= 0.6 is 11.3 Å². The normalized spacial score (nSPS) is 20.2. The Hall–Kier alpha value is -1.13. The van der Waals surface area contributed by atoms with Gasteiger partial charge in [0.1, 0.15) is 0 Å². The predicted molar refractivity (Wildman–Crippen MR) is 79.6 cm³/mol. The van der Waals surface area contributed by atoms with Gasteiger partial charge in [0.15, 0.2) is 0 Å². The van der Waals surface area contributed by atoms with E-state index in [4.69, 9.17) is 0 Å². The Balaban J connectivity index is 1.96. The maximum atomic E-state index is 4.34. The lowest BCUT2D eigenvalue weighted by Crippen LogP contribution is -2.30. The van der Waals surface area contributed by atoms with Crippen molar-refractivity contribution in [1.82, 2.24) is 15.1 Å². The van der Waals surface area contributed by atoms with E-state index in [9.17, 15) is 0 Å². The minimum absolute atomic E-state index is 0.381. The van der Waals surface area contributed by atoms with Gasteiger partial charge in [-0.15, -0.1) is 11.3 Å². The van der Waals surface area contributed by atoms with Gasteiger partial charge in [-0.25, -0.2) is 0 Å². The number of nitrogens with one attached hydrogen (secondary N) is 1. The highest BCUT2D eigenvalue weighted by molar-refractivity contribution is 7.10. The van der Waals surface area contributed by atoms with Gasteiger partial charge in [-0.3, -0.25) is 4.68 Å². The Labute approximate surface area is 118 Å². The van der Waals surface area contributed by atoms with Crippen molar-refractivity contribution in [2.24, 2.45) is 7.05 Å². The summed E-state index contributed by atoms with van der Waals surface area (Å²) in [5.41, 5.74) is 2.86. The molecule has 0 fully saturated rings. The first-order chi connectivity index (χ1) is 9.31. The van der Waals surface area contributed by atoms with Crippen LogP contribution in [-0.2, 0) is 13.5 Å². The number of nitrogens with zero attached hydrogens (tertiary/aromatic N) is 2. The SMILES string of the molecule is CCNC(c1ccnn1C)C1CCCc2sccc21. The first kappa shape index (κ1) is 12.9.